The van der Waals surface area contributed by atoms with Crippen molar-refractivity contribution in [1.82, 2.24) is 15.1 Å². The van der Waals surface area contributed by atoms with Gasteiger partial charge in [0.2, 0.25) is 0 Å². The summed E-state index contributed by atoms with van der Waals surface area (Å²) in [5.41, 5.74) is -0.128. The number of ether oxygens (including phenoxy) is 1. The van der Waals surface area contributed by atoms with Crippen molar-refractivity contribution in [2.75, 3.05) is 45.9 Å². The molecule has 1 amide bonds. The third-order valence-electron chi connectivity index (χ3n) is 6.30. The molecule has 1 aliphatic carbocycles. The Morgan fingerprint density at radius 2 is 1.89 bits per heavy atom. The highest BCUT2D eigenvalue weighted by molar-refractivity contribution is 14.0. The first-order valence-electron chi connectivity index (χ1n) is 10.7. The second-order valence-corrected chi connectivity index (χ2v) is 8.40. The van der Waals surface area contributed by atoms with Crippen LogP contribution in [0, 0.1) is 5.41 Å². The molecule has 1 saturated carbocycles. The van der Waals surface area contributed by atoms with Crippen LogP contribution in [0.5, 0.6) is 0 Å². The average molecular weight is 508 g/mol. The molecule has 2 N–H and O–H groups in total. The fourth-order valence-electron chi connectivity index (χ4n) is 4.36. The highest BCUT2D eigenvalue weighted by Gasteiger charge is 2.36. The highest BCUT2D eigenvalue weighted by atomic mass is 127. The van der Waals surface area contributed by atoms with Crippen LogP contribution in [0.25, 0.3) is 0 Å². The Balaban J connectivity index is 0.00000280. The van der Waals surface area contributed by atoms with Gasteiger partial charge in [0.25, 0.3) is 5.91 Å². The summed E-state index contributed by atoms with van der Waals surface area (Å²) in [4.78, 5) is 21.6. The van der Waals surface area contributed by atoms with Gasteiger partial charge in [-0.25, -0.2) is 0 Å². The molecular formula is C20H37IN4O3. The molecule has 7 nitrogen and oxygen atoms in total. The van der Waals surface area contributed by atoms with Crippen LogP contribution < -0.4 is 5.32 Å². The lowest BCUT2D eigenvalue weighted by atomic mass is 9.73. The Labute approximate surface area is 186 Å². The van der Waals surface area contributed by atoms with Crippen molar-refractivity contribution < 1.29 is 14.6 Å². The van der Waals surface area contributed by atoms with Crippen LogP contribution in [-0.2, 0) is 9.53 Å². The maximum absolute atomic E-state index is 12.5. The Morgan fingerprint density at radius 1 is 1.18 bits per heavy atom. The molecule has 2 heterocycles. The number of aliphatic imine (C=N–C) groups is 1. The molecule has 3 rings (SSSR count). The van der Waals surface area contributed by atoms with Gasteiger partial charge in [0.15, 0.2) is 5.96 Å². The van der Waals surface area contributed by atoms with Crippen LogP contribution >= 0.6 is 24.0 Å². The van der Waals surface area contributed by atoms with E-state index in [1.54, 1.807) is 0 Å². The van der Waals surface area contributed by atoms with E-state index >= 15 is 0 Å². The predicted molar refractivity (Wildman–Crippen MR) is 121 cm³/mol. The van der Waals surface area contributed by atoms with E-state index < -0.39 is 0 Å². The van der Waals surface area contributed by atoms with Crippen LogP contribution in [0.3, 0.4) is 0 Å². The van der Waals surface area contributed by atoms with Gasteiger partial charge in [0.1, 0.15) is 6.10 Å². The van der Waals surface area contributed by atoms with E-state index in [9.17, 15) is 9.90 Å². The molecule has 0 aromatic rings. The second-order valence-electron chi connectivity index (χ2n) is 8.40. The van der Waals surface area contributed by atoms with E-state index in [1.165, 1.54) is 6.42 Å². The molecule has 0 radical (unpaired) electrons. The smallest absolute Gasteiger partial charge is 0.251 e. The number of carbonyl (C=O) groups excluding carboxylic acids is 1. The lowest BCUT2D eigenvalue weighted by Crippen LogP contribution is -2.55. The van der Waals surface area contributed by atoms with Crippen molar-refractivity contribution >= 4 is 35.8 Å². The van der Waals surface area contributed by atoms with Gasteiger partial charge >= 0.3 is 0 Å². The fraction of sp³-hybridized carbons (Fsp3) is 0.900. The lowest BCUT2D eigenvalue weighted by Gasteiger charge is -2.39. The number of guanidine groups is 1. The summed E-state index contributed by atoms with van der Waals surface area (Å²) < 4.78 is 5.54. The number of aliphatic hydroxyl groups excluding tert-OH is 1. The number of nitrogens with zero attached hydrogens (tertiary/aromatic N) is 3. The average Bonchev–Trinajstić information content (AvgIpc) is 3.22. The lowest BCUT2D eigenvalue weighted by molar-refractivity contribution is -0.142. The van der Waals surface area contributed by atoms with E-state index in [-0.39, 0.29) is 47.5 Å². The van der Waals surface area contributed by atoms with E-state index in [0.29, 0.717) is 26.2 Å². The van der Waals surface area contributed by atoms with Gasteiger partial charge in [0.05, 0.1) is 12.6 Å². The summed E-state index contributed by atoms with van der Waals surface area (Å²) in [5, 5.41) is 13.8. The summed E-state index contributed by atoms with van der Waals surface area (Å²) >= 11 is 0. The molecule has 2 aliphatic heterocycles. The monoisotopic (exact) mass is 508 g/mol. The molecular weight excluding hydrogens is 471 g/mol. The molecule has 0 aromatic heterocycles. The largest absolute Gasteiger partial charge is 0.392 e. The van der Waals surface area contributed by atoms with Crippen LogP contribution in [0.4, 0.5) is 0 Å². The summed E-state index contributed by atoms with van der Waals surface area (Å²) in [6.45, 7) is 9.38. The third kappa shape index (κ3) is 5.72. The SMILES string of the molecule is CCNC(=NCC1(C)CCCCC1O)N1CCN(C(=O)C2CCCO2)CC1.I. The van der Waals surface area contributed by atoms with E-state index in [2.05, 4.69) is 24.1 Å². The minimum Gasteiger partial charge on any atom is -0.392 e. The van der Waals surface area contributed by atoms with Gasteiger partial charge in [-0.15, -0.1) is 24.0 Å². The van der Waals surface area contributed by atoms with Crippen molar-refractivity contribution in [3.05, 3.63) is 0 Å². The molecule has 162 valence electrons. The topological polar surface area (TPSA) is 77.4 Å². The Morgan fingerprint density at radius 3 is 2.50 bits per heavy atom. The fourth-order valence-corrected chi connectivity index (χ4v) is 4.36. The third-order valence-corrected chi connectivity index (χ3v) is 6.30. The van der Waals surface area contributed by atoms with E-state index in [4.69, 9.17) is 9.73 Å². The van der Waals surface area contributed by atoms with Crippen LogP contribution in [0.15, 0.2) is 4.99 Å². The quantitative estimate of drug-likeness (QED) is 0.345. The zero-order valence-electron chi connectivity index (χ0n) is 17.4. The summed E-state index contributed by atoms with van der Waals surface area (Å²) in [6, 6.07) is 0. The maximum atomic E-state index is 12.5. The normalized spacial score (nSPS) is 31.5. The predicted octanol–water partition coefficient (Wildman–Crippen LogP) is 1.83. The summed E-state index contributed by atoms with van der Waals surface area (Å²) in [6.07, 6.45) is 5.53. The van der Waals surface area contributed by atoms with Crippen molar-refractivity contribution in [2.45, 2.75) is 64.6 Å². The van der Waals surface area contributed by atoms with Crippen LogP contribution in [0.2, 0.25) is 0 Å². The molecule has 3 unspecified atom stereocenters. The van der Waals surface area contributed by atoms with E-state index in [1.807, 2.05) is 4.90 Å². The molecule has 8 heteroatoms. The van der Waals surface area contributed by atoms with Gasteiger partial charge in [-0.1, -0.05) is 19.8 Å². The molecule has 0 aromatic carbocycles. The summed E-state index contributed by atoms with van der Waals surface area (Å²) in [5.74, 6) is 1.05. The van der Waals surface area contributed by atoms with Gasteiger partial charge < -0.3 is 25.0 Å². The molecule has 3 atom stereocenters. The molecule has 28 heavy (non-hydrogen) atoms. The summed E-state index contributed by atoms with van der Waals surface area (Å²) in [7, 11) is 0. The number of nitrogens with one attached hydrogen (secondary N) is 1. The minimum atomic E-state index is -0.265. The number of hydrogen-bond donors (Lipinski definition) is 2. The minimum absolute atomic E-state index is 0. The Bertz CT molecular complexity index is 534. The van der Waals surface area contributed by atoms with E-state index in [0.717, 1.165) is 57.7 Å². The van der Waals surface area contributed by atoms with Crippen LogP contribution in [0.1, 0.15) is 52.4 Å². The van der Waals surface area contributed by atoms with Gasteiger partial charge in [-0.3, -0.25) is 9.79 Å². The molecule has 0 spiro atoms. The number of rotatable bonds is 4. The number of halogens is 1. The number of hydrogen-bond acceptors (Lipinski definition) is 4. The zero-order chi connectivity index (χ0) is 19.3. The molecule has 3 fully saturated rings. The number of aliphatic hydroxyl groups is 1. The standard InChI is InChI=1S/C20H36N4O3.HI/c1-3-21-19(22-15-20(2)9-5-4-8-17(20)25)24-12-10-23(11-13-24)18(26)16-7-6-14-27-16;/h16-17,25H,3-15H2,1-2H3,(H,21,22);1H. The number of piperazine rings is 1. The zero-order valence-corrected chi connectivity index (χ0v) is 19.7. The molecule has 0 bridgehead atoms. The Hall–Kier alpha value is -0.610. The van der Waals surface area contributed by atoms with Gasteiger partial charge in [0, 0.05) is 44.7 Å². The van der Waals surface area contributed by atoms with Gasteiger partial charge in [-0.05, 0) is 32.6 Å². The first-order chi connectivity index (χ1) is 13.0. The first-order valence-corrected chi connectivity index (χ1v) is 10.7. The first kappa shape index (κ1) is 23.7. The maximum Gasteiger partial charge on any atom is 0.251 e. The second kappa shape index (κ2) is 11.0. The van der Waals surface area contributed by atoms with Crippen molar-refractivity contribution in [1.29, 1.82) is 0 Å². The van der Waals surface area contributed by atoms with Crippen molar-refractivity contribution in [3.8, 4) is 0 Å². The van der Waals surface area contributed by atoms with Gasteiger partial charge in [-0.2, -0.15) is 0 Å². The number of amides is 1. The highest BCUT2D eigenvalue weighted by Crippen LogP contribution is 2.36. The molecule has 2 saturated heterocycles. The van der Waals surface area contributed by atoms with Crippen molar-refractivity contribution in [3.63, 3.8) is 0 Å². The number of carbonyl (C=O) groups is 1. The van der Waals surface area contributed by atoms with Crippen LogP contribution in [-0.4, -0.2) is 84.9 Å². The Kier molecular flexibility index (Phi) is 9.27. The van der Waals surface area contributed by atoms with Crippen molar-refractivity contribution in [2.24, 2.45) is 10.4 Å². The molecule has 3 aliphatic rings.